The maximum atomic E-state index is 13.3. The number of amides is 2. The zero-order valence-corrected chi connectivity index (χ0v) is 11.4. The monoisotopic (exact) mass is 307 g/mol. The smallest absolute Gasteiger partial charge is 0.264 e. The average Bonchev–Trinajstić information content (AvgIpc) is 2.58. The van der Waals surface area contributed by atoms with Gasteiger partial charge in [-0.05, 0) is 32.3 Å². The highest BCUT2D eigenvalue weighted by Crippen LogP contribution is 2.27. The molecule has 1 atom stereocenters. The van der Waals surface area contributed by atoms with Crippen LogP contribution < -0.4 is 16.6 Å². The molecule has 0 spiro atoms. The zero-order chi connectivity index (χ0) is 22.2. The molecule has 114 valence electrons. The van der Waals surface area contributed by atoms with E-state index in [2.05, 4.69) is 4.98 Å². The van der Waals surface area contributed by atoms with Crippen LogP contribution in [0.15, 0.2) is 23.0 Å². The summed E-state index contributed by atoms with van der Waals surface area (Å²) >= 11 is 0. The molecule has 1 aromatic carbocycles. The maximum Gasteiger partial charge on any atom is 0.264 e. The lowest BCUT2D eigenvalue weighted by Gasteiger charge is -2.34. The first-order chi connectivity index (χ1) is 13.1. The van der Waals surface area contributed by atoms with Crippen LogP contribution in [0.5, 0.6) is 0 Å². The number of carbonyl (C=O) groups is 2. The summed E-state index contributed by atoms with van der Waals surface area (Å²) < 4.78 is 55.7. The number of nitrogens with one attached hydrogen (secondary N) is 1. The number of nitrogens with zero attached hydrogens (tertiary/aromatic N) is 2. The van der Waals surface area contributed by atoms with Crippen molar-refractivity contribution in [1.29, 1.82) is 0 Å². The molecule has 2 aromatic rings. The Morgan fingerprint density at radius 1 is 1.45 bits per heavy atom. The number of hydrogen-bond acceptors (Lipinski definition) is 5. The minimum atomic E-state index is -3.32. The van der Waals surface area contributed by atoms with Gasteiger partial charge in [-0.1, -0.05) is 6.07 Å². The van der Waals surface area contributed by atoms with Gasteiger partial charge in [0.15, 0.2) is 0 Å². The summed E-state index contributed by atoms with van der Waals surface area (Å²) in [5, 5.41) is 1.43. The summed E-state index contributed by atoms with van der Waals surface area (Å²) in [7, 11) is 0. The molecule has 1 aliphatic rings. The number of aromatic nitrogens is 2. The number of benzene rings is 1. The summed E-state index contributed by atoms with van der Waals surface area (Å²) in [4.78, 5) is 41.9. The van der Waals surface area contributed by atoms with Gasteiger partial charge in [-0.15, -0.1) is 0 Å². The fraction of sp³-hybridized carbons (Fsp3) is 0.333. The third-order valence-electron chi connectivity index (χ3n) is 3.47. The van der Waals surface area contributed by atoms with Crippen LogP contribution in [0.3, 0.4) is 0 Å². The lowest BCUT2D eigenvalue weighted by atomic mass is 9.90. The predicted octanol–water partition coefficient (Wildman–Crippen LogP) is 0.439. The van der Waals surface area contributed by atoms with E-state index in [1.807, 2.05) is 0 Å². The van der Waals surface area contributed by atoms with Gasteiger partial charge in [-0.25, -0.2) is 4.98 Å². The van der Waals surface area contributed by atoms with E-state index < -0.39 is 48.3 Å². The lowest BCUT2D eigenvalue weighted by molar-refractivity contribution is -0.140. The normalized spacial score (nSPS) is 31.8. The molecule has 0 saturated carbocycles. The lowest BCUT2D eigenvalue weighted by Crippen LogP contribution is -2.56. The van der Waals surface area contributed by atoms with Crippen molar-refractivity contribution in [3.05, 3.63) is 34.4 Å². The Morgan fingerprint density at radius 2 is 2.23 bits per heavy atom. The fourth-order valence-electron chi connectivity index (χ4n) is 2.32. The van der Waals surface area contributed by atoms with Crippen LogP contribution in [0, 0.1) is 6.85 Å². The molecule has 1 aromatic heterocycles. The van der Waals surface area contributed by atoms with Crippen LogP contribution in [0.25, 0.3) is 10.9 Å². The van der Waals surface area contributed by atoms with Crippen molar-refractivity contribution in [2.24, 2.45) is 0 Å². The topological polar surface area (TPSA) is 107 Å². The van der Waals surface area contributed by atoms with Crippen molar-refractivity contribution >= 4 is 28.4 Å². The van der Waals surface area contributed by atoms with Gasteiger partial charge in [-0.3, -0.25) is 24.3 Å². The Bertz CT molecular complexity index is 1130. The number of anilines is 1. The molecule has 2 heterocycles. The number of nitrogens with two attached hydrogens (primary N) is 1. The quantitative estimate of drug-likeness (QED) is 0.587. The van der Waals surface area contributed by atoms with E-state index >= 15 is 0 Å². The molecule has 3 N–H and O–H groups in total. The number of hydrogen-bond donors (Lipinski definition) is 2. The summed E-state index contributed by atoms with van der Waals surface area (Å²) in [6.07, 6.45) is -6.58. The highest BCUT2D eigenvalue weighted by molar-refractivity contribution is 6.01. The fourth-order valence-corrected chi connectivity index (χ4v) is 2.32. The van der Waals surface area contributed by atoms with Crippen LogP contribution in [0.4, 0.5) is 5.69 Å². The second-order valence-corrected chi connectivity index (χ2v) is 4.92. The molecule has 1 aliphatic heterocycles. The van der Waals surface area contributed by atoms with Gasteiger partial charge in [0.05, 0.1) is 10.9 Å². The molecule has 0 aliphatic carbocycles. The molecular formula is C15H16N4O3. The molecule has 7 nitrogen and oxygen atoms in total. The molecular weight excluding hydrogens is 284 g/mol. The van der Waals surface area contributed by atoms with E-state index in [1.54, 1.807) is 5.32 Å². The summed E-state index contributed by atoms with van der Waals surface area (Å²) in [6.45, 7) is -2.23. The third-order valence-corrected chi connectivity index (χ3v) is 3.47. The van der Waals surface area contributed by atoms with Gasteiger partial charge in [0.1, 0.15) is 11.4 Å². The molecule has 1 saturated heterocycles. The van der Waals surface area contributed by atoms with Crippen molar-refractivity contribution < 1.29 is 19.2 Å². The predicted molar refractivity (Wildman–Crippen MR) is 81.2 cm³/mol. The first-order valence-corrected chi connectivity index (χ1v) is 6.26. The highest BCUT2D eigenvalue weighted by Gasteiger charge is 2.42. The van der Waals surface area contributed by atoms with Crippen LogP contribution in [0.1, 0.15) is 35.1 Å². The molecule has 2 amide bonds. The first-order valence-electron chi connectivity index (χ1n) is 9.76. The van der Waals surface area contributed by atoms with E-state index in [-0.39, 0.29) is 21.2 Å². The van der Waals surface area contributed by atoms with E-state index in [1.165, 1.54) is 18.2 Å². The number of nitrogen functional groups attached to an aromatic ring is 1. The van der Waals surface area contributed by atoms with Crippen molar-refractivity contribution in [2.75, 3.05) is 5.73 Å². The Morgan fingerprint density at radius 3 is 2.95 bits per heavy atom. The zero-order valence-electron chi connectivity index (χ0n) is 18.4. The number of imide groups is 1. The van der Waals surface area contributed by atoms with Gasteiger partial charge in [-0.2, -0.15) is 0 Å². The first kappa shape index (κ1) is 8.07. The molecule has 0 radical (unpaired) electrons. The number of piperidine rings is 1. The standard InChI is InChI=1S/C15H16N4O3/c1-8-17-10-5-3-4-9(16)12(10)13(21)19(8)15(2)7-6-11(20)18-14(15)22/h3-5H,6-7,16H2,1-2H3,(H,18,20,22)/t15-/m1/s1/i1D3,6D2,7D2. The molecule has 1 fully saturated rings. The van der Waals surface area contributed by atoms with Gasteiger partial charge in [0.2, 0.25) is 5.91 Å². The summed E-state index contributed by atoms with van der Waals surface area (Å²) in [5.74, 6) is -3.86. The molecule has 3 rings (SSSR count). The molecule has 7 heteroatoms. The van der Waals surface area contributed by atoms with Crippen molar-refractivity contribution in [2.45, 2.75) is 32.1 Å². The Hall–Kier alpha value is -2.70. The Labute approximate surface area is 136 Å². The van der Waals surface area contributed by atoms with Crippen molar-refractivity contribution in [1.82, 2.24) is 14.9 Å². The van der Waals surface area contributed by atoms with Crippen LogP contribution in [-0.2, 0) is 15.1 Å². The van der Waals surface area contributed by atoms with Gasteiger partial charge < -0.3 is 5.73 Å². The summed E-state index contributed by atoms with van der Waals surface area (Å²) in [6, 6.07) is 4.10. The second kappa shape index (κ2) is 4.66. The molecule has 22 heavy (non-hydrogen) atoms. The highest BCUT2D eigenvalue weighted by atomic mass is 16.2. The Kier molecular flexibility index (Phi) is 1.71. The Balaban J connectivity index is 2.56. The van der Waals surface area contributed by atoms with E-state index in [0.29, 0.717) is 0 Å². The number of carbonyl (C=O) groups excluding carboxylic acids is 2. The van der Waals surface area contributed by atoms with Gasteiger partial charge in [0.25, 0.3) is 11.5 Å². The molecule has 0 unspecified atom stereocenters. The van der Waals surface area contributed by atoms with Gasteiger partial charge in [0, 0.05) is 21.7 Å². The minimum absolute atomic E-state index is 0.0863. The maximum absolute atomic E-state index is 13.3. The average molecular weight is 307 g/mol. The van der Waals surface area contributed by atoms with E-state index in [0.717, 1.165) is 6.92 Å². The van der Waals surface area contributed by atoms with Gasteiger partial charge >= 0.3 is 0 Å². The number of rotatable bonds is 1. The van der Waals surface area contributed by atoms with E-state index in [4.69, 9.17) is 15.3 Å². The number of aryl methyl sites for hydroxylation is 1. The van der Waals surface area contributed by atoms with Crippen molar-refractivity contribution in [3.8, 4) is 0 Å². The summed E-state index contributed by atoms with van der Waals surface area (Å²) in [5.41, 5.74) is 1.72. The SMILES string of the molecule is [2H]C([2H])([2H])c1nc2cccc(N)c2c(=O)n1[C@@]1(C)C(=O)NC(=O)C([2H])([2H])C1([2H])[2H]. The van der Waals surface area contributed by atoms with Crippen molar-refractivity contribution in [3.63, 3.8) is 0 Å². The molecule has 0 bridgehead atoms. The third kappa shape index (κ3) is 1.89. The minimum Gasteiger partial charge on any atom is -0.398 e. The van der Waals surface area contributed by atoms with Crippen LogP contribution in [-0.4, -0.2) is 21.4 Å². The van der Waals surface area contributed by atoms with E-state index in [9.17, 15) is 14.4 Å². The number of fused-ring (bicyclic) bond motifs is 1. The van der Waals surface area contributed by atoms with Crippen LogP contribution in [0.2, 0.25) is 0 Å². The largest absolute Gasteiger partial charge is 0.398 e. The second-order valence-electron chi connectivity index (χ2n) is 4.92. The van der Waals surface area contributed by atoms with Crippen LogP contribution >= 0.6 is 0 Å².